The topological polar surface area (TPSA) is 32.8 Å². The largest absolute Gasteiger partial charge is 0.393 e. The Morgan fingerprint density at radius 2 is 2.15 bits per heavy atom. The van der Waals surface area contributed by atoms with E-state index in [1.54, 1.807) is 0 Å². The van der Waals surface area contributed by atoms with E-state index < -0.39 is 0 Å². The summed E-state index contributed by atoms with van der Waals surface area (Å²) in [4.78, 5) is 0. The van der Waals surface area contributed by atoms with E-state index in [2.05, 4.69) is 18.2 Å². The van der Waals surface area contributed by atoms with Crippen molar-refractivity contribution >= 4 is 0 Å². The van der Waals surface area contributed by atoms with Crippen LogP contribution in [0, 0.1) is 0 Å². The quantitative estimate of drug-likeness (QED) is 0.645. The van der Waals surface area contributed by atoms with E-state index in [-0.39, 0.29) is 18.3 Å². The van der Waals surface area contributed by atoms with Crippen molar-refractivity contribution in [1.29, 1.82) is 0 Å². The van der Waals surface area contributed by atoms with Gasteiger partial charge in [0.2, 0.25) is 0 Å². The van der Waals surface area contributed by atoms with Crippen molar-refractivity contribution in [3.63, 3.8) is 0 Å². The zero-order valence-corrected chi connectivity index (χ0v) is 7.36. The number of aliphatic hydroxyl groups excluding tert-OH is 1. The molecule has 2 aliphatic rings. The fourth-order valence-electron chi connectivity index (χ4n) is 2.28. The molecule has 1 aromatic rings. The lowest BCUT2D eigenvalue weighted by molar-refractivity contribution is 0.171. The van der Waals surface area contributed by atoms with Crippen LogP contribution in [0.3, 0.4) is 0 Å². The van der Waals surface area contributed by atoms with Gasteiger partial charge in [0.05, 0.1) is 12.7 Å². The van der Waals surface area contributed by atoms with Gasteiger partial charge in [0, 0.05) is 12.8 Å². The van der Waals surface area contributed by atoms with E-state index >= 15 is 0 Å². The van der Waals surface area contributed by atoms with Crippen LogP contribution in [0.2, 0.25) is 0 Å². The van der Waals surface area contributed by atoms with Gasteiger partial charge in [0.1, 0.15) is 5.60 Å². The first-order chi connectivity index (χ1) is 6.34. The number of rotatable bonds is 1. The van der Waals surface area contributed by atoms with Gasteiger partial charge < -0.3 is 9.84 Å². The van der Waals surface area contributed by atoms with Crippen LogP contribution in [-0.4, -0.2) is 23.4 Å². The molecule has 0 unspecified atom stereocenters. The van der Waals surface area contributed by atoms with Crippen LogP contribution in [0.25, 0.3) is 0 Å². The van der Waals surface area contributed by atoms with Gasteiger partial charge in [0.25, 0.3) is 0 Å². The minimum absolute atomic E-state index is 0.159. The third kappa shape index (κ3) is 0.960. The first-order valence-electron chi connectivity index (χ1n) is 4.69. The van der Waals surface area contributed by atoms with Gasteiger partial charge in [-0.25, -0.2) is 0 Å². The van der Waals surface area contributed by atoms with Crippen LogP contribution in [0.15, 0.2) is 24.3 Å². The minimum atomic E-state index is -0.214. The van der Waals surface area contributed by atoms with Crippen LogP contribution in [0.1, 0.15) is 11.1 Å². The fourth-order valence-corrected chi connectivity index (χ4v) is 2.28. The average Bonchev–Trinajstić information content (AvgIpc) is 2.88. The Morgan fingerprint density at radius 1 is 1.38 bits per heavy atom. The van der Waals surface area contributed by atoms with Crippen molar-refractivity contribution in [2.24, 2.45) is 0 Å². The standard InChI is InChI=1S/C11H12O2/c12-7-11-6-9-4-2-1-3-8(9)5-10(11)13-11/h1-4,10,12H,5-7H2/t10-,11-/m0/s1. The molecule has 2 heteroatoms. The van der Waals surface area contributed by atoms with Crippen LogP contribution in [0.5, 0.6) is 0 Å². The number of hydrogen-bond donors (Lipinski definition) is 1. The maximum Gasteiger partial charge on any atom is 0.122 e. The molecule has 1 aliphatic carbocycles. The van der Waals surface area contributed by atoms with E-state index in [0.717, 1.165) is 12.8 Å². The summed E-state index contributed by atoms with van der Waals surface area (Å²) in [6.07, 6.45) is 2.12. The van der Waals surface area contributed by atoms with Crippen LogP contribution in [-0.2, 0) is 17.6 Å². The van der Waals surface area contributed by atoms with E-state index in [4.69, 9.17) is 4.74 Å². The molecule has 0 radical (unpaired) electrons. The molecule has 1 aromatic carbocycles. The van der Waals surface area contributed by atoms with Gasteiger partial charge >= 0.3 is 0 Å². The molecular weight excluding hydrogens is 164 g/mol. The highest BCUT2D eigenvalue weighted by Crippen LogP contribution is 2.45. The Hall–Kier alpha value is -0.860. The Bertz CT molecular complexity index is 348. The minimum Gasteiger partial charge on any atom is -0.393 e. The normalized spacial score (nSPS) is 35.0. The highest BCUT2D eigenvalue weighted by atomic mass is 16.6. The Morgan fingerprint density at radius 3 is 2.92 bits per heavy atom. The summed E-state index contributed by atoms with van der Waals surface area (Å²) in [5.41, 5.74) is 2.51. The third-order valence-corrected chi connectivity index (χ3v) is 3.19. The molecule has 1 N–H and O–H groups in total. The zero-order chi connectivity index (χ0) is 8.89. The summed E-state index contributed by atoms with van der Waals surface area (Å²) >= 11 is 0. The van der Waals surface area contributed by atoms with Crippen molar-refractivity contribution in [2.75, 3.05) is 6.61 Å². The lowest BCUT2D eigenvalue weighted by atomic mass is 9.84. The Kier molecular flexibility index (Phi) is 1.35. The van der Waals surface area contributed by atoms with E-state index in [1.807, 2.05) is 6.07 Å². The summed E-state index contributed by atoms with van der Waals surface area (Å²) in [5, 5.41) is 9.19. The molecule has 1 fully saturated rings. The molecule has 0 aromatic heterocycles. The SMILES string of the molecule is OC[C@@]12Cc3ccccc3C[C@@H]1O2. The van der Waals surface area contributed by atoms with Crippen molar-refractivity contribution in [3.8, 4) is 0 Å². The van der Waals surface area contributed by atoms with Crippen molar-refractivity contribution in [2.45, 2.75) is 24.5 Å². The first kappa shape index (κ1) is 7.54. The maximum atomic E-state index is 9.19. The number of benzene rings is 1. The molecule has 68 valence electrons. The molecular formula is C11H12O2. The molecule has 0 bridgehead atoms. The summed E-state index contributed by atoms with van der Waals surface area (Å²) in [6, 6.07) is 8.39. The van der Waals surface area contributed by atoms with E-state index in [9.17, 15) is 5.11 Å². The zero-order valence-electron chi connectivity index (χ0n) is 7.36. The third-order valence-electron chi connectivity index (χ3n) is 3.19. The number of fused-ring (bicyclic) bond motifs is 2. The molecule has 1 heterocycles. The smallest absolute Gasteiger partial charge is 0.122 e. The second-order valence-corrected chi connectivity index (χ2v) is 3.98. The summed E-state index contributed by atoms with van der Waals surface area (Å²) in [6.45, 7) is 0.159. The second-order valence-electron chi connectivity index (χ2n) is 3.98. The van der Waals surface area contributed by atoms with Gasteiger partial charge in [-0.2, -0.15) is 0 Å². The summed E-state index contributed by atoms with van der Waals surface area (Å²) in [7, 11) is 0. The van der Waals surface area contributed by atoms with Crippen molar-refractivity contribution in [1.82, 2.24) is 0 Å². The number of ether oxygens (including phenoxy) is 1. The molecule has 1 saturated heterocycles. The lowest BCUT2D eigenvalue weighted by Gasteiger charge is -2.18. The molecule has 0 amide bonds. The van der Waals surface area contributed by atoms with Crippen molar-refractivity contribution in [3.05, 3.63) is 35.4 Å². The van der Waals surface area contributed by atoms with Crippen LogP contribution < -0.4 is 0 Å². The van der Waals surface area contributed by atoms with Gasteiger partial charge in [-0.1, -0.05) is 24.3 Å². The van der Waals surface area contributed by atoms with Gasteiger partial charge in [0.15, 0.2) is 0 Å². The number of aliphatic hydroxyl groups is 1. The molecule has 0 saturated carbocycles. The average molecular weight is 176 g/mol. The predicted octanol–water partition coefficient (Wildman–Crippen LogP) is 0.915. The highest BCUT2D eigenvalue weighted by Gasteiger charge is 2.57. The second kappa shape index (κ2) is 2.34. The van der Waals surface area contributed by atoms with Crippen LogP contribution >= 0.6 is 0 Å². The van der Waals surface area contributed by atoms with Crippen LogP contribution in [0.4, 0.5) is 0 Å². The number of epoxide rings is 1. The van der Waals surface area contributed by atoms with E-state index in [1.165, 1.54) is 11.1 Å². The number of hydrogen-bond acceptors (Lipinski definition) is 2. The fraction of sp³-hybridized carbons (Fsp3) is 0.455. The maximum absolute atomic E-state index is 9.19. The van der Waals surface area contributed by atoms with Gasteiger partial charge in [-0.15, -0.1) is 0 Å². The summed E-state index contributed by atoms with van der Waals surface area (Å²) < 4.78 is 5.55. The van der Waals surface area contributed by atoms with Gasteiger partial charge in [-0.3, -0.25) is 0 Å². The highest BCUT2D eigenvalue weighted by molar-refractivity contribution is 5.36. The Balaban J connectivity index is 1.99. The predicted molar refractivity (Wildman–Crippen MR) is 48.5 cm³/mol. The summed E-state index contributed by atoms with van der Waals surface area (Å²) in [5.74, 6) is 0. The molecule has 2 atom stereocenters. The van der Waals surface area contributed by atoms with Gasteiger partial charge in [-0.05, 0) is 11.1 Å². The molecule has 0 spiro atoms. The molecule has 2 nitrogen and oxygen atoms in total. The Labute approximate surface area is 77.2 Å². The lowest BCUT2D eigenvalue weighted by Crippen LogP contribution is -2.28. The first-order valence-corrected chi connectivity index (χ1v) is 4.69. The van der Waals surface area contributed by atoms with Crippen molar-refractivity contribution < 1.29 is 9.84 Å². The molecule has 13 heavy (non-hydrogen) atoms. The van der Waals surface area contributed by atoms with E-state index in [0.29, 0.717) is 0 Å². The molecule has 3 rings (SSSR count). The monoisotopic (exact) mass is 176 g/mol. The molecule has 1 aliphatic heterocycles.